The van der Waals surface area contributed by atoms with Crippen molar-refractivity contribution in [2.75, 3.05) is 13.6 Å². The molecular weight excluding hydrogens is 332 g/mol. The van der Waals surface area contributed by atoms with E-state index in [0.717, 1.165) is 32.4 Å². The average molecular weight is 363 g/mol. The Labute approximate surface area is 162 Å². The van der Waals surface area contributed by atoms with Gasteiger partial charge in [0, 0.05) is 42.1 Å². The molecule has 1 aliphatic rings. The van der Waals surface area contributed by atoms with Gasteiger partial charge in [-0.2, -0.15) is 0 Å². The Hall–Kier alpha value is -2.10. The molecule has 0 aliphatic carbocycles. The first-order chi connectivity index (χ1) is 13.0. The molecule has 1 aliphatic heterocycles. The van der Waals surface area contributed by atoms with Gasteiger partial charge in [-0.05, 0) is 57.0 Å². The van der Waals surface area contributed by atoms with Crippen molar-refractivity contribution in [1.82, 2.24) is 9.47 Å². The fraction of sp³-hybridized carbons (Fsp3) is 0.417. The second kappa shape index (κ2) is 7.49. The number of likely N-dealkylation sites (N-methyl/N-ethyl adjacent to an activating group) is 1. The van der Waals surface area contributed by atoms with E-state index in [-0.39, 0.29) is 12.1 Å². The van der Waals surface area contributed by atoms with E-state index in [1.54, 1.807) is 0 Å². The SMILES string of the molecule is Cc1ccc2c(c1)c1c(n2CCc2ccccc2)CCN(C)[C@@H]([C@H](C)O)C1. The third-order valence-electron chi connectivity index (χ3n) is 6.15. The zero-order valence-corrected chi connectivity index (χ0v) is 16.7. The van der Waals surface area contributed by atoms with Crippen LogP contribution in [0.5, 0.6) is 0 Å². The lowest BCUT2D eigenvalue weighted by Crippen LogP contribution is -2.41. The van der Waals surface area contributed by atoms with Crippen LogP contribution in [0.15, 0.2) is 48.5 Å². The number of aromatic nitrogens is 1. The lowest BCUT2D eigenvalue weighted by atomic mass is 9.99. The number of nitrogens with zero attached hydrogens (tertiary/aromatic N) is 2. The molecule has 1 aromatic heterocycles. The maximum absolute atomic E-state index is 10.3. The van der Waals surface area contributed by atoms with E-state index in [4.69, 9.17) is 0 Å². The van der Waals surface area contributed by atoms with E-state index in [1.807, 2.05) is 6.92 Å². The van der Waals surface area contributed by atoms with Crippen molar-refractivity contribution in [3.63, 3.8) is 0 Å². The first-order valence-electron chi connectivity index (χ1n) is 10.1. The summed E-state index contributed by atoms with van der Waals surface area (Å²) >= 11 is 0. The second-order valence-electron chi connectivity index (χ2n) is 8.08. The van der Waals surface area contributed by atoms with Crippen LogP contribution in [0.25, 0.3) is 10.9 Å². The van der Waals surface area contributed by atoms with E-state index in [1.165, 1.54) is 33.3 Å². The maximum Gasteiger partial charge on any atom is 0.0670 e. The van der Waals surface area contributed by atoms with Crippen LogP contribution >= 0.6 is 0 Å². The summed E-state index contributed by atoms with van der Waals surface area (Å²) in [6, 6.07) is 17.8. The number of rotatable bonds is 4. The van der Waals surface area contributed by atoms with Gasteiger partial charge in [0.2, 0.25) is 0 Å². The van der Waals surface area contributed by atoms with Crippen LogP contribution in [0.1, 0.15) is 29.3 Å². The predicted octanol–water partition coefficient (Wildman–Crippen LogP) is 3.97. The fourth-order valence-electron chi connectivity index (χ4n) is 4.60. The first kappa shape index (κ1) is 18.3. The van der Waals surface area contributed by atoms with Crippen molar-refractivity contribution in [3.8, 4) is 0 Å². The highest BCUT2D eigenvalue weighted by Crippen LogP contribution is 2.32. The standard InChI is InChI=1S/C24H30N2O/c1-17-9-10-22-20(15-17)21-16-24(18(2)27)25(3)13-12-23(21)26(22)14-11-19-7-5-4-6-8-19/h4-10,15,18,24,27H,11-14,16H2,1-3H3/t18-,24+/m0/s1. The van der Waals surface area contributed by atoms with Crippen LogP contribution in [-0.4, -0.2) is 40.3 Å². The van der Waals surface area contributed by atoms with Crippen molar-refractivity contribution in [2.45, 2.75) is 51.8 Å². The molecule has 0 saturated carbocycles. The third-order valence-corrected chi connectivity index (χ3v) is 6.15. The largest absolute Gasteiger partial charge is 0.392 e. The lowest BCUT2D eigenvalue weighted by molar-refractivity contribution is 0.0798. The summed E-state index contributed by atoms with van der Waals surface area (Å²) in [6.45, 7) is 6.08. The van der Waals surface area contributed by atoms with Crippen LogP contribution in [0.2, 0.25) is 0 Å². The lowest BCUT2D eigenvalue weighted by Gasteiger charge is -2.28. The van der Waals surface area contributed by atoms with Crippen LogP contribution in [0.4, 0.5) is 0 Å². The zero-order valence-electron chi connectivity index (χ0n) is 16.7. The van der Waals surface area contributed by atoms with Crippen LogP contribution in [0.3, 0.4) is 0 Å². The van der Waals surface area contributed by atoms with Gasteiger partial charge in [0.1, 0.15) is 0 Å². The minimum Gasteiger partial charge on any atom is -0.392 e. The van der Waals surface area contributed by atoms with Crippen molar-refractivity contribution in [3.05, 3.63) is 70.9 Å². The number of aliphatic hydroxyl groups is 1. The number of hydrogen-bond acceptors (Lipinski definition) is 2. The van der Waals surface area contributed by atoms with Crippen molar-refractivity contribution >= 4 is 10.9 Å². The van der Waals surface area contributed by atoms with Gasteiger partial charge in [0.15, 0.2) is 0 Å². The first-order valence-corrected chi connectivity index (χ1v) is 10.1. The molecular formula is C24H30N2O. The highest BCUT2D eigenvalue weighted by molar-refractivity contribution is 5.86. The third kappa shape index (κ3) is 3.54. The molecule has 0 saturated heterocycles. The van der Waals surface area contributed by atoms with E-state index >= 15 is 0 Å². The molecule has 1 N–H and O–H groups in total. The quantitative estimate of drug-likeness (QED) is 0.761. The minimum atomic E-state index is -0.325. The highest BCUT2D eigenvalue weighted by Gasteiger charge is 2.28. The molecule has 2 atom stereocenters. The minimum absolute atomic E-state index is 0.180. The van der Waals surface area contributed by atoms with Crippen LogP contribution in [-0.2, 0) is 25.8 Å². The van der Waals surface area contributed by atoms with Gasteiger partial charge in [-0.1, -0.05) is 42.0 Å². The van der Waals surface area contributed by atoms with E-state index in [0.29, 0.717) is 0 Å². The monoisotopic (exact) mass is 362 g/mol. The van der Waals surface area contributed by atoms with Crippen molar-refractivity contribution in [2.24, 2.45) is 0 Å². The molecule has 0 fully saturated rings. The molecule has 27 heavy (non-hydrogen) atoms. The molecule has 142 valence electrons. The van der Waals surface area contributed by atoms with Gasteiger partial charge < -0.3 is 14.6 Å². The molecule has 3 heteroatoms. The Bertz CT molecular complexity index is 926. The van der Waals surface area contributed by atoms with Gasteiger partial charge in [-0.15, -0.1) is 0 Å². The Balaban J connectivity index is 1.77. The number of hydrogen-bond donors (Lipinski definition) is 1. The molecule has 4 rings (SSSR count). The van der Waals surface area contributed by atoms with Crippen LogP contribution < -0.4 is 0 Å². The normalized spacial score (nSPS) is 19.0. The zero-order chi connectivity index (χ0) is 19.0. The Morgan fingerprint density at radius 3 is 2.67 bits per heavy atom. The Morgan fingerprint density at radius 2 is 1.93 bits per heavy atom. The smallest absolute Gasteiger partial charge is 0.0670 e. The Kier molecular flexibility index (Phi) is 5.07. The van der Waals surface area contributed by atoms with Gasteiger partial charge >= 0.3 is 0 Å². The van der Waals surface area contributed by atoms with E-state index < -0.39 is 0 Å². The number of fused-ring (bicyclic) bond motifs is 3. The van der Waals surface area contributed by atoms with Gasteiger partial charge in [-0.25, -0.2) is 0 Å². The van der Waals surface area contributed by atoms with Crippen molar-refractivity contribution in [1.29, 1.82) is 0 Å². The molecule has 0 amide bonds. The number of benzene rings is 2. The summed E-state index contributed by atoms with van der Waals surface area (Å²) in [4.78, 5) is 2.33. The number of aryl methyl sites for hydroxylation is 3. The van der Waals surface area contributed by atoms with Gasteiger partial charge in [0.05, 0.1) is 6.10 Å². The highest BCUT2D eigenvalue weighted by atomic mass is 16.3. The predicted molar refractivity (Wildman–Crippen MR) is 112 cm³/mol. The topological polar surface area (TPSA) is 28.4 Å². The summed E-state index contributed by atoms with van der Waals surface area (Å²) in [6.07, 6.45) is 2.67. The van der Waals surface area contributed by atoms with Gasteiger partial charge in [0.25, 0.3) is 0 Å². The molecule has 0 unspecified atom stereocenters. The molecule has 2 aromatic carbocycles. The molecule has 3 aromatic rings. The Morgan fingerprint density at radius 1 is 1.15 bits per heavy atom. The molecule has 0 radical (unpaired) electrons. The fourth-order valence-corrected chi connectivity index (χ4v) is 4.60. The average Bonchev–Trinajstić information content (AvgIpc) is 2.82. The molecule has 3 nitrogen and oxygen atoms in total. The van der Waals surface area contributed by atoms with E-state index in [2.05, 4.69) is 72.0 Å². The van der Waals surface area contributed by atoms with Crippen LogP contribution in [0, 0.1) is 6.92 Å². The summed E-state index contributed by atoms with van der Waals surface area (Å²) < 4.78 is 2.54. The number of aliphatic hydroxyl groups excluding tert-OH is 1. The maximum atomic E-state index is 10.3. The molecule has 2 heterocycles. The summed E-state index contributed by atoms with van der Waals surface area (Å²) in [5, 5.41) is 11.7. The summed E-state index contributed by atoms with van der Waals surface area (Å²) in [5.41, 5.74) is 6.93. The molecule has 0 spiro atoms. The van der Waals surface area contributed by atoms with Crippen molar-refractivity contribution < 1.29 is 5.11 Å². The van der Waals surface area contributed by atoms with E-state index in [9.17, 15) is 5.11 Å². The molecule has 0 bridgehead atoms. The summed E-state index contributed by atoms with van der Waals surface area (Å²) in [7, 11) is 2.14. The summed E-state index contributed by atoms with van der Waals surface area (Å²) in [5.74, 6) is 0. The van der Waals surface area contributed by atoms with Gasteiger partial charge in [-0.3, -0.25) is 0 Å². The second-order valence-corrected chi connectivity index (χ2v) is 8.08.